The quantitative estimate of drug-likeness (QED) is 0.152. The van der Waals surface area contributed by atoms with Gasteiger partial charge in [0.15, 0.2) is 5.83 Å². The molecule has 0 aliphatic rings. The second-order valence-corrected chi connectivity index (χ2v) is 5.46. The fraction of sp³-hybridized carbons (Fsp3) is 0.385. The smallest absolute Gasteiger partial charge is 0.279 e. The lowest BCUT2D eigenvalue weighted by atomic mass is 10.3. The lowest BCUT2D eigenvalue weighted by Crippen LogP contribution is -2.42. The summed E-state index contributed by atoms with van der Waals surface area (Å²) in [5, 5.41) is 10.7. The molecule has 144 valence electrons. The Morgan fingerprint density at radius 1 is 1.31 bits per heavy atom. The van der Waals surface area contributed by atoms with Gasteiger partial charge in [0.1, 0.15) is 11.5 Å². The molecule has 0 aromatic carbocycles. The molecule has 1 heterocycles. The molecule has 1 aromatic rings. The maximum atomic E-state index is 13.9. The Bertz CT molecular complexity index is 885. The van der Waals surface area contributed by atoms with Crippen molar-refractivity contribution >= 4 is 22.6 Å². The average molecular weight is 495 g/mol. The van der Waals surface area contributed by atoms with E-state index in [1.54, 1.807) is 0 Å². The van der Waals surface area contributed by atoms with Gasteiger partial charge in [-0.25, -0.2) is 13.6 Å². The molecule has 0 aliphatic heterocycles. The number of alkyl halides is 4. The van der Waals surface area contributed by atoms with Crippen molar-refractivity contribution in [2.24, 2.45) is 0 Å². The van der Waals surface area contributed by atoms with E-state index in [9.17, 15) is 41.7 Å². The summed E-state index contributed by atoms with van der Waals surface area (Å²) in [4.78, 5) is 33.3. The molecular weight excluding hydrogens is 484 g/mol. The predicted molar refractivity (Wildman–Crippen MR) is 88.6 cm³/mol. The predicted octanol–water partition coefficient (Wildman–Crippen LogP) is 3.14. The molecule has 26 heavy (non-hydrogen) atoms. The molecule has 1 rings (SSSR count). The third-order valence-corrected chi connectivity index (χ3v) is 3.76. The van der Waals surface area contributed by atoms with Crippen LogP contribution in [0.2, 0.25) is 0 Å². The molecule has 0 fully saturated rings. The summed E-state index contributed by atoms with van der Waals surface area (Å²) in [6, 6.07) is 0.115. The Morgan fingerprint density at radius 2 is 1.88 bits per heavy atom. The summed E-state index contributed by atoms with van der Waals surface area (Å²) in [6.07, 6.45) is -5.21. The first kappa shape index (κ1) is 22.0. The van der Waals surface area contributed by atoms with Crippen LogP contribution in [-0.2, 0) is 17.3 Å². The lowest BCUT2D eigenvalue weighted by molar-refractivity contribution is -0.421. The van der Waals surface area contributed by atoms with Crippen LogP contribution in [0.4, 0.5) is 22.0 Å². The van der Waals surface area contributed by atoms with Gasteiger partial charge >= 0.3 is 17.6 Å². The van der Waals surface area contributed by atoms with Crippen molar-refractivity contribution in [3.05, 3.63) is 66.1 Å². The van der Waals surface area contributed by atoms with Gasteiger partial charge in [0.2, 0.25) is 0 Å². The van der Waals surface area contributed by atoms with E-state index in [1.807, 2.05) is 0 Å². The minimum absolute atomic E-state index is 0.115. The number of aromatic nitrogens is 2. The molecular formula is C13H11F5IN3O4. The third kappa shape index (κ3) is 4.98. The number of allylic oxidation sites excluding steroid dienone is 3. The zero-order chi connectivity index (χ0) is 20.2. The first-order chi connectivity index (χ1) is 11.9. The van der Waals surface area contributed by atoms with Gasteiger partial charge in [-0.05, 0) is 0 Å². The lowest BCUT2D eigenvalue weighted by Gasteiger charge is -2.14. The molecule has 0 saturated carbocycles. The summed E-state index contributed by atoms with van der Waals surface area (Å²) in [5.41, 5.74) is -5.62. The van der Waals surface area contributed by atoms with Crippen molar-refractivity contribution in [3.63, 3.8) is 0 Å². The number of rotatable bonds is 6. The molecule has 13 heteroatoms. The van der Waals surface area contributed by atoms with E-state index in [-0.39, 0.29) is 21.3 Å². The summed E-state index contributed by atoms with van der Waals surface area (Å²) >= 11 is 1.44. The van der Waals surface area contributed by atoms with E-state index >= 15 is 0 Å². The molecule has 0 unspecified atom stereocenters. The Hall–Kier alpha value is -2.06. The van der Waals surface area contributed by atoms with E-state index < -0.39 is 62.9 Å². The van der Waals surface area contributed by atoms with Crippen LogP contribution >= 0.6 is 22.6 Å². The molecule has 0 amide bonds. The number of nitrogens with zero attached hydrogens (tertiary/aromatic N) is 3. The van der Waals surface area contributed by atoms with Crippen LogP contribution < -0.4 is 11.2 Å². The molecule has 0 saturated heterocycles. The van der Waals surface area contributed by atoms with Crippen LogP contribution in [0.5, 0.6) is 0 Å². The summed E-state index contributed by atoms with van der Waals surface area (Å²) in [6.45, 7) is 0.0603. The highest BCUT2D eigenvalue weighted by molar-refractivity contribution is 14.1. The Balaban J connectivity index is 3.47. The molecule has 0 spiro atoms. The summed E-state index contributed by atoms with van der Waals surface area (Å²) in [5.74, 6) is -2.69. The van der Waals surface area contributed by atoms with Crippen molar-refractivity contribution in [2.75, 3.05) is 0 Å². The molecule has 0 radical (unpaired) electrons. The van der Waals surface area contributed by atoms with Gasteiger partial charge in [-0.2, -0.15) is 13.2 Å². The molecule has 0 atom stereocenters. The fourth-order valence-corrected chi connectivity index (χ4v) is 2.53. The molecule has 0 bridgehead atoms. The Kier molecular flexibility index (Phi) is 7.23. The van der Waals surface area contributed by atoms with Crippen molar-refractivity contribution < 1.29 is 26.9 Å². The van der Waals surface area contributed by atoms with Crippen LogP contribution in [-0.4, -0.2) is 14.1 Å². The number of halogens is 6. The van der Waals surface area contributed by atoms with Crippen molar-refractivity contribution in [1.29, 1.82) is 0 Å². The Morgan fingerprint density at radius 3 is 2.31 bits per heavy atom. The first-order valence-corrected chi connectivity index (χ1v) is 8.33. The molecule has 0 aliphatic carbocycles. The molecule has 1 aromatic heterocycles. The van der Waals surface area contributed by atoms with E-state index in [4.69, 9.17) is 0 Å². The highest BCUT2D eigenvalue weighted by atomic mass is 127. The van der Waals surface area contributed by atoms with Crippen LogP contribution in [0.25, 0.3) is 0 Å². The van der Waals surface area contributed by atoms with E-state index in [2.05, 4.69) is 0 Å². The number of nitro groups is 1. The SMILES string of the molecule is CC/C(F)=C(\C=C(\F)Cn1c(=O)cc(C(F)(F)F)n(CI)c1=O)[N+](=O)[O-]. The van der Waals surface area contributed by atoms with Crippen molar-refractivity contribution in [3.8, 4) is 0 Å². The topological polar surface area (TPSA) is 87.1 Å². The average Bonchev–Trinajstić information content (AvgIpc) is 2.54. The van der Waals surface area contributed by atoms with Crippen molar-refractivity contribution in [2.45, 2.75) is 30.6 Å². The fourth-order valence-electron chi connectivity index (χ4n) is 1.87. The van der Waals surface area contributed by atoms with Gasteiger partial charge in [-0.15, -0.1) is 0 Å². The number of hydrogen-bond acceptors (Lipinski definition) is 4. The van der Waals surface area contributed by atoms with Gasteiger partial charge < -0.3 is 0 Å². The molecule has 0 N–H and O–H groups in total. The summed E-state index contributed by atoms with van der Waals surface area (Å²) in [7, 11) is 0. The zero-order valence-corrected chi connectivity index (χ0v) is 15.2. The highest BCUT2D eigenvalue weighted by Crippen LogP contribution is 2.27. The largest absolute Gasteiger partial charge is 0.431 e. The first-order valence-electron chi connectivity index (χ1n) is 6.80. The van der Waals surface area contributed by atoms with Crippen LogP contribution in [0.1, 0.15) is 19.0 Å². The second kappa shape index (κ2) is 8.55. The summed E-state index contributed by atoms with van der Waals surface area (Å²) < 4.78 is 65.7. The standard InChI is InChI=1S/C13H11F5IN3O4/c1-2-8(15)9(22(25)26)3-7(14)5-20-11(23)4-10(13(16,17)18)21(6-19)12(20)24/h3-4H,2,5-6H2,1H3/b7-3+,9-8-. The van der Waals surface area contributed by atoms with Crippen molar-refractivity contribution in [1.82, 2.24) is 9.13 Å². The van der Waals surface area contributed by atoms with Crippen LogP contribution in [0.3, 0.4) is 0 Å². The van der Waals surface area contributed by atoms with Gasteiger partial charge in [0, 0.05) is 12.5 Å². The van der Waals surface area contributed by atoms with E-state index in [0.29, 0.717) is 0 Å². The van der Waals surface area contributed by atoms with E-state index in [0.717, 1.165) is 0 Å². The maximum absolute atomic E-state index is 13.9. The normalized spacial score (nSPS) is 13.6. The Labute approximate surface area is 155 Å². The van der Waals surface area contributed by atoms with E-state index in [1.165, 1.54) is 29.5 Å². The minimum Gasteiger partial charge on any atom is -0.279 e. The van der Waals surface area contributed by atoms with Crippen LogP contribution in [0.15, 0.2) is 39.1 Å². The minimum atomic E-state index is -4.98. The zero-order valence-electron chi connectivity index (χ0n) is 13.0. The maximum Gasteiger partial charge on any atom is 0.431 e. The van der Waals surface area contributed by atoms with Gasteiger partial charge in [0.25, 0.3) is 5.56 Å². The monoisotopic (exact) mass is 495 g/mol. The van der Waals surface area contributed by atoms with Gasteiger partial charge in [-0.1, -0.05) is 29.5 Å². The van der Waals surface area contributed by atoms with Gasteiger partial charge in [-0.3, -0.25) is 24.0 Å². The second-order valence-electron chi connectivity index (χ2n) is 4.77. The van der Waals surface area contributed by atoms with Crippen LogP contribution in [0, 0.1) is 10.1 Å². The van der Waals surface area contributed by atoms with Gasteiger partial charge in [0.05, 0.1) is 22.1 Å². The number of hydrogen-bond donors (Lipinski definition) is 0. The third-order valence-electron chi connectivity index (χ3n) is 3.08. The highest BCUT2D eigenvalue weighted by Gasteiger charge is 2.35. The molecule has 7 nitrogen and oxygen atoms in total.